The molecular weight excluding hydrogens is 352 g/mol. The molecule has 0 radical (unpaired) electrons. The molecule has 1 heterocycles. The molecule has 0 unspecified atom stereocenters. The quantitative estimate of drug-likeness (QED) is 0.481. The number of para-hydroxylation sites is 1. The number of rotatable bonds is 4. The Balaban J connectivity index is 1.88. The molecule has 0 saturated carbocycles. The van der Waals surface area contributed by atoms with Gasteiger partial charge in [0.15, 0.2) is 0 Å². The van der Waals surface area contributed by atoms with Crippen LogP contribution in [0, 0.1) is 16.0 Å². The highest BCUT2D eigenvalue weighted by Gasteiger charge is 2.38. The highest BCUT2D eigenvalue weighted by molar-refractivity contribution is 5.71. The van der Waals surface area contributed by atoms with Crippen LogP contribution >= 0.6 is 0 Å². The Labute approximate surface area is 164 Å². The summed E-state index contributed by atoms with van der Waals surface area (Å²) in [6.45, 7) is 2.20. The van der Waals surface area contributed by atoms with Crippen LogP contribution in [0.3, 0.4) is 0 Å². The lowest BCUT2D eigenvalue weighted by Gasteiger charge is -2.39. The molecule has 0 aliphatic carbocycles. The molecule has 28 heavy (non-hydrogen) atoms. The van der Waals surface area contributed by atoms with E-state index in [1.165, 1.54) is 0 Å². The van der Waals surface area contributed by atoms with E-state index in [9.17, 15) is 10.1 Å². The van der Waals surface area contributed by atoms with Crippen molar-refractivity contribution in [2.75, 3.05) is 12.4 Å². The number of ether oxygens (including phenoxy) is 1. The summed E-state index contributed by atoms with van der Waals surface area (Å²) in [6.07, 6.45) is 0. The van der Waals surface area contributed by atoms with Crippen LogP contribution in [0.2, 0.25) is 0 Å². The van der Waals surface area contributed by atoms with Crippen molar-refractivity contribution in [3.05, 3.63) is 99.6 Å². The summed E-state index contributed by atoms with van der Waals surface area (Å²) in [7, 11) is 1.65. The van der Waals surface area contributed by atoms with E-state index in [4.69, 9.17) is 4.74 Å². The Hall–Kier alpha value is -3.34. The molecule has 1 aliphatic heterocycles. The fraction of sp³-hybridized carbons (Fsp3) is 0.217. The van der Waals surface area contributed by atoms with Crippen molar-refractivity contribution in [3.8, 4) is 5.75 Å². The van der Waals surface area contributed by atoms with Crippen molar-refractivity contribution in [1.29, 1.82) is 0 Å². The van der Waals surface area contributed by atoms with E-state index in [0.29, 0.717) is 5.69 Å². The lowest BCUT2D eigenvalue weighted by molar-refractivity contribution is -0.384. The first-order chi connectivity index (χ1) is 13.6. The monoisotopic (exact) mass is 374 g/mol. The molecule has 0 fully saturated rings. The molecule has 0 amide bonds. The van der Waals surface area contributed by atoms with Crippen LogP contribution in [0.5, 0.6) is 5.75 Å². The average molecular weight is 374 g/mol. The molecule has 3 aromatic rings. The maximum absolute atomic E-state index is 11.7. The largest absolute Gasteiger partial charge is 0.497 e. The predicted molar refractivity (Wildman–Crippen MR) is 110 cm³/mol. The van der Waals surface area contributed by atoms with Crippen molar-refractivity contribution in [2.45, 2.75) is 18.9 Å². The maximum Gasteiger partial charge on any atom is 0.292 e. The minimum absolute atomic E-state index is 0.0260. The Morgan fingerprint density at radius 3 is 2.29 bits per heavy atom. The molecule has 0 bridgehead atoms. The predicted octanol–water partition coefficient (Wildman–Crippen LogP) is 5.54. The Morgan fingerprint density at radius 2 is 1.64 bits per heavy atom. The molecule has 0 aromatic heterocycles. The van der Waals surface area contributed by atoms with Crippen LogP contribution in [0.15, 0.2) is 72.8 Å². The summed E-state index contributed by atoms with van der Waals surface area (Å²) in [6, 6.07) is 23.4. The molecule has 1 aliphatic rings. The number of anilines is 1. The van der Waals surface area contributed by atoms with Gasteiger partial charge in [-0.25, -0.2) is 0 Å². The fourth-order valence-electron chi connectivity index (χ4n) is 4.23. The van der Waals surface area contributed by atoms with Gasteiger partial charge in [-0.05, 0) is 34.7 Å². The zero-order valence-electron chi connectivity index (χ0n) is 15.8. The van der Waals surface area contributed by atoms with Crippen LogP contribution in [-0.2, 0) is 0 Å². The summed E-state index contributed by atoms with van der Waals surface area (Å²) < 4.78 is 5.29. The van der Waals surface area contributed by atoms with E-state index < -0.39 is 0 Å². The van der Waals surface area contributed by atoms with Gasteiger partial charge in [-0.15, -0.1) is 0 Å². The van der Waals surface area contributed by atoms with Crippen molar-refractivity contribution in [1.82, 2.24) is 0 Å². The summed E-state index contributed by atoms with van der Waals surface area (Å²) in [5, 5.41) is 15.1. The van der Waals surface area contributed by atoms with Gasteiger partial charge in [-0.2, -0.15) is 0 Å². The highest BCUT2D eigenvalue weighted by Crippen LogP contribution is 2.50. The second-order valence-corrected chi connectivity index (χ2v) is 7.14. The van der Waals surface area contributed by atoms with Crippen molar-refractivity contribution in [3.63, 3.8) is 0 Å². The van der Waals surface area contributed by atoms with Gasteiger partial charge in [0.05, 0.1) is 18.1 Å². The van der Waals surface area contributed by atoms with Crippen molar-refractivity contribution in [2.24, 2.45) is 5.92 Å². The number of hydrogen-bond acceptors (Lipinski definition) is 4. The number of nitro benzene ring substituents is 1. The van der Waals surface area contributed by atoms with E-state index in [1.807, 2.05) is 36.4 Å². The minimum Gasteiger partial charge on any atom is -0.497 e. The van der Waals surface area contributed by atoms with E-state index in [1.54, 1.807) is 19.2 Å². The highest BCUT2D eigenvalue weighted by atomic mass is 16.6. The first-order valence-corrected chi connectivity index (χ1v) is 9.33. The first kappa shape index (κ1) is 18.0. The Bertz CT molecular complexity index is 986. The standard InChI is InChI=1S/C23H22N2O3/c1-15-21(16-11-13-18(28-2)14-12-16)19-9-6-10-20(25(26)27)23(19)24-22(15)17-7-4-3-5-8-17/h3-15,21-22,24H,1-2H3/t15-,21+,22-/m0/s1. The molecule has 3 aromatic carbocycles. The summed E-state index contributed by atoms with van der Waals surface area (Å²) in [5.74, 6) is 1.03. The normalized spacial score (nSPS) is 20.7. The van der Waals surface area contributed by atoms with Crippen LogP contribution in [0.1, 0.15) is 35.6 Å². The number of nitro groups is 1. The third-order valence-corrected chi connectivity index (χ3v) is 5.59. The Kier molecular flexibility index (Phi) is 4.74. The van der Waals surface area contributed by atoms with Crippen LogP contribution < -0.4 is 10.1 Å². The van der Waals surface area contributed by atoms with Gasteiger partial charge < -0.3 is 10.1 Å². The number of fused-ring (bicyclic) bond motifs is 1. The molecule has 0 spiro atoms. The molecule has 142 valence electrons. The number of nitrogens with one attached hydrogen (secondary N) is 1. The first-order valence-electron chi connectivity index (χ1n) is 9.33. The topological polar surface area (TPSA) is 64.4 Å². The number of hydrogen-bond donors (Lipinski definition) is 1. The smallest absolute Gasteiger partial charge is 0.292 e. The van der Waals surface area contributed by atoms with Crippen molar-refractivity contribution >= 4 is 11.4 Å². The zero-order valence-corrected chi connectivity index (χ0v) is 15.8. The molecular formula is C23H22N2O3. The summed E-state index contributed by atoms with van der Waals surface area (Å²) in [5.41, 5.74) is 3.93. The van der Waals surface area contributed by atoms with Crippen LogP contribution in [0.25, 0.3) is 0 Å². The zero-order chi connectivity index (χ0) is 19.7. The van der Waals surface area contributed by atoms with Gasteiger partial charge >= 0.3 is 0 Å². The summed E-state index contributed by atoms with van der Waals surface area (Å²) in [4.78, 5) is 11.4. The summed E-state index contributed by atoms with van der Waals surface area (Å²) >= 11 is 0. The van der Waals surface area contributed by atoms with Crippen molar-refractivity contribution < 1.29 is 9.66 Å². The Morgan fingerprint density at radius 1 is 0.929 bits per heavy atom. The van der Waals surface area contributed by atoms with Gasteiger partial charge in [0.1, 0.15) is 11.4 Å². The van der Waals surface area contributed by atoms with Crippen LogP contribution in [0.4, 0.5) is 11.4 Å². The number of methoxy groups -OCH3 is 1. The maximum atomic E-state index is 11.7. The van der Waals surface area contributed by atoms with E-state index in [0.717, 1.165) is 22.4 Å². The lowest BCUT2D eigenvalue weighted by atomic mass is 9.73. The lowest BCUT2D eigenvalue weighted by Crippen LogP contribution is -2.31. The second-order valence-electron chi connectivity index (χ2n) is 7.14. The molecule has 3 atom stereocenters. The van der Waals surface area contributed by atoms with Gasteiger partial charge in [-0.3, -0.25) is 10.1 Å². The van der Waals surface area contributed by atoms with Gasteiger partial charge in [0.25, 0.3) is 5.69 Å². The SMILES string of the molecule is COc1ccc([C@@H]2c3cccc([N+](=O)[O-])c3N[C@H](c3ccccc3)[C@H]2C)cc1. The average Bonchev–Trinajstić information content (AvgIpc) is 2.73. The van der Waals surface area contributed by atoms with Crippen LogP contribution in [-0.4, -0.2) is 12.0 Å². The molecule has 1 N–H and O–H groups in total. The second kappa shape index (κ2) is 7.35. The van der Waals surface area contributed by atoms with E-state index >= 15 is 0 Å². The van der Waals surface area contributed by atoms with Gasteiger partial charge in [-0.1, -0.05) is 61.5 Å². The third kappa shape index (κ3) is 3.09. The molecule has 5 heteroatoms. The minimum atomic E-state index is -0.311. The van der Waals surface area contributed by atoms with Gasteiger partial charge in [0.2, 0.25) is 0 Å². The number of nitrogens with zero attached hydrogens (tertiary/aromatic N) is 1. The third-order valence-electron chi connectivity index (χ3n) is 5.59. The molecule has 4 rings (SSSR count). The fourth-order valence-corrected chi connectivity index (χ4v) is 4.23. The van der Waals surface area contributed by atoms with Gasteiger partial charge in [0, 0.05) is 12.0 Å². The number of benzene rings is 3. The van der Waals surface area contributed by atoms with E-state index in [-0.39, 0.29) is 28.5 Å². The molecule has 0 saturated heterocycles. The van der Waals surface area contributed by atoms with E-state index in [2.05, 4.69) is 36.5 Å². The molecule has 5 nitrogen and oxygen atoms in total.